The average molecular weight is 236 g/mol. The predicted octanol–water partition coefficient (Wildman–Crippen LogP) is 1.61. The van der Waals surface area contributed by atoms with Crippen molar-refractivity contribution in [3.63, 3.8) is 0 Å². The van der Waals surface area contributed by atoms with Crippen LogP contribution in [0.25, 0.3) is 0 Å². The van der Waals surface area contributed by atoms with E-state index in [0.29, 0.717) is 11.8 Å². The van der Waals surface area contributed by atoms with E-state index in [4.69, 9.17) is 10.5 Å². The lowest BCUT2D eigenvalue weighted by Gasteiger charge is -2.15. The number of ether oxygens (including phenoxy) is 1. The molecule has 94 valence electrons. The number of hydrogen-bond donors (Lipinski definition) is 2. The molecule has 0 aromatic heterocycles. The van der Waals surface area contributed by atoms with Gasteiger partial charge < -0.3 is 15.8 Å². The van der Waals surface area contributed by atoms with Gasteiger partial charge in [-0.1, -0.05) is 19.1 Å². The van der Waals surface area contributed by atoms with E-state index in [1.165, 1.54) is 5.56 Å². The van der Waals surface area contributed by atoms with E-state index in [1.54, 1.807) is 6.92 Å². The largest absolute Gasteiger partial charge is 0.481 e. The molecule has 3 N–H and O–H groups in total. The second kappa shape index (κ2) is 6.25. The summed E-state index contributed by atoms with van der Waals surface area (Å²) in [5.41, 5.74) is 6.31. The van der Waals surface area contributed by atoms with Crippen molar-refractivity contribution in [1.82, 2.24) is 5.32 Å². The summed E-state index contributed by atoms with van der Waals surface area (Å²) < 4.78 is 5.38. The first kappa shape index (κ1) is 13.5. The molecule has 0 aliphatic carbocycles. The van der Waals surface area contributed by atoms with Crippen molar-refractivity contribution in [2.24, 2.45) is 5.73 Å². The third kappa shape index (κ3) is 4.07. The Hall–Kier alpha value is -1.55. The molecule has 1 rings (SSSR count). The molecule has 0 radical (unpaired) electrons. The Morgan fingerprint density at radius 3 is 2.41 bits per heavy atom. The molecule has 4 nitrogen and oxygen atoms in total. The third-order valence-electron chi connectivity index (χ3n) is 2.60. The highest BCUT2D eigenvalue weighted by atomic mass is 16.5. The van der Waals surface area contributed by atoms with Gasteiger partial charge in [-0.05, 0) is 38.1 Å². The van der Waals surface area contributed by atoms with Gasteiger partial charge in [0.2, 0.25) is 0 Å². The van der Waals surface area contributed by atoms with Crippen LogP contribution in [-0.4, -0.2) is 18.6 Å². The van der Waals surface area contributed by atoms with Crippen LogP contribution in [0.3, 0.4) is 0 Å². The fraction of sp³-hybridized carbons (Fsp3) is 0.462. The minimum absolute atomic E-state index is 0.308. The van der Waals surface area contributed by atoms with Crippen LogP contribution in [0.2, 0.25) is 0 Å². The van der Waals surface area contributed by atoms with Gasteiger partial charge in [-0.3, -0.25) is 4.79 Å². The van der Waals surface area contributed by atoms with Gasteiger partial charge in [-0.2, -0.15) is 0 Å². The number of amides is 1. The summed E-state index contributed by atoms with van der Waals surface area (Å²) in [6.07, 6.45) is -0.605. The quantitative estimate of drug-likeness (QED) is 0.788. The number of rotatable bonds is 6. The van der Waals surface area contributed by atoms with Gasteiger partial charge in [-0.15, -0.1) is 0 Å². The molecule has 0 saturated heterocycles. The first-order chi connectivity index (χ1) is 8.04. The highest BCUT2D eigenvalue weighted by Crippen LogP contribution is 2.18. The lowest BCUT2D eigenvalue weighted by atomic mass is 10.1. The van der Waals surface area contributed by atoms with Gasteiger partial charge in [0.1, 0.15) is 5.75 Å². The van der Waals surface area contributed by atoms with Crippen LogP contribution in [-0.2, 0) is 4.79 Å². The topological polar surface area (TPSA) is 64.3 Å². The molecule has 2 atom stereocenters. The normalized spacial score (nSPS) is 14.1. The minimum Gasteiger partial charge on any atom is -0.481 e. The molecule has 0 bridgehead atoms. The highest BCUT2D eigenvalue weighted by molar-refractivity contribution is 5.78. The van der Waals surface area contributed by atoms with Gasteiger partial charge in [-0.25, -0.2) is 0 Å². The zero-order valence-electron chi connectivity index (χ0n) is 10.6. The Labute approximate surface area is 102 Å². The Morgan fingerprint density at radius 2 is 1.94 bits per heavy atom. The summed E-state index contributed by atoms with van der Waals surface area (Å²) >= 11 is 0. The van der Waals surface area contributed by atoms with Gasteiger partial charge in [0.05, 0.1) is 0 Å². The van der Waals surface area contributed by atoms with Crippen molar-refractivity contribution in [1.29, 1.82) is 0 Å². The Bertz CT molecular complexity index is 362. The van der Waals surface area contributed by atoms with Gasteiger partial charge in [0.25, 0.3) is 5.91 Å². The zero-order chi connectivity index (χ0) is 12.8. The molecular formula is C13H20N2O2. The molecule has 0 fully saturated rings. The molecule has 0 saturated carbocycles. The highest BCUT2D eigenvalue weighted by Gasteiger charge is 2.10. The van der Waals surface area contributed by atoms with Crippen molar-refractivity contribution in [3.8, 4) is 5.75 Å². The van der Waals surface area contributed by atoms with E-state index in [9.17, 15) is 4.79 Å². The van der Waals surface area contributed by atoms with Crippen LogP contribution in [0.4, 0.5) is 0 Å². The molecule has 0 aliphatic heterocycles. The SMILES string of the molecule is CCNC(C)c1ccc(OC(C)C(N)=O)cc1. The summed E-state index contributed by atoms with van der Waals surface area (Å²) in [7, 11) is 0. The number of nitrogens with one attached hydrogen (secondary N) is 1. The maximum atomic E-state index is 10.9. The van der Waals surface area contributed by atoms with Crippen LogP contribution in [0.1, 0.15) is 32.4 Å². The molecular weight excluding hydrogens is 216 g/mol. The van der Waals surface area contributed by atoms with E-state index in [1.807, 2.05) is 24.3 Å². The van der Waals surface area contributed by atoms with Crippen LogP contribution < -0.4 is 15.8 Å². The Kier molecular flexibility index (Phi) is 4.97. The van der Waals surface area contributed by atoms with Crippen LogP contribution in [0, 0.1) is 0 Å². The van der Waals surface area contributed by atoms with Crippen molar-refractivity contribution >= 4 is 5.91 Å². The molecule has 1 amide bonds. The van der Waals surface area contributed by atoms with Gasteiger partial charge >= 0.3 is 0 Å². The number of carbonyl (C=O) groups excluding carboxylic acids is 1. The summed E-state index contributed by atoms with van der Waals surface area (Å²) in [4.78, 5) is 10.9. The lowest BCUT2D eigenvalue weighted by Crippen LogP contribution is -2.30. The molecule has 2 unspecified atom stereocenters. The Morgan fingerprint density at radius 1 is 1.35 bits per heavy atom. The molecule has 17 heavy (non-hydrogen) atoms. The fourth-order valence-electron chi connectivity index (χ4n) is 1.52. The molecule has 0 spiro atoms. The van der Waals surface area contributed by atoms with Crippen molar-refractivity contribution in [2.45, 2.75) is 32.9 Å². The monoisotopic (exact) mass is 236 g/mol. The molecule has 1 aromatic rings. The van der Waals surface area contributed by atoms with Crippen LogP contribution in [0.15, 0.2) is 24.3 Å². The summed E-state index contributed by atoms with van der Waals surface area (Å²) in [6, 6.07) is 7.97. The standard InChI is InChI=1S/C13H20N2O2/c1-4-15-9(2)11-5-7-12(8-6-11)17-10(3)13(14)16/h5-10,15H,4H2,1-3H3,(H2,14,16). The minimum atomic E-state index is -0.605. The van der Waals surface area contributed by atoms with E-state index in [-0.39, 0.29) is 0 Å². The molecule has 1 aromatic carbocycles. The van der Waals surface area contributed by atoms with E-state index in [2.05, 4.69) is 19.2 Å². The zero-order valence-corrected chi connectivity index (χ0v) is 10.6. The first-order valence-electron chi connectivity index (χ1n) is 5.84. The lowest BCUT2D eigenvalue weighted by molar-refractivity contribution is -0.123. The predicted molar refractivity (Wildman–Crippen MR) is 67.8 cm³/mol. The van der Waals surface area contributed by atoms with E-state index < -0.39 is 12.0 Å². The van der Waals surface area contributed by atoms with Gasteiger partial charge in [0.15, 0.2) is 6.10 Å². The van der Waals surface area contributed by atoms with E-state index >= 15 is 0 Å². The maximum absolute atomic E-state index is 10.9. The Balaban J connectivity index is 2.64. The van der Waals surface area contributed by atoms with E-state index in [0.717, 1.165) is 6.54 Å². The summed E-state index contributed by atoms with van der Waals surface area (Å²) in [5.74, 6) is 0.193. The second-order valence-electron chi connectivity index (χ2n) is 4.01. The number of carbonyl (C=O) groups is 1. The number of benzene rings is 1. The van der Waals surface area contributed by atoms with Crippen molar-refractivity contribution in [2.75, 3.05) is 6.54 Å². The number of hydrogen-bond acceptors (Lipinski definition) is 3. The van der Waals surface area contributed by atoms with Crippen molar-refractivity contribution in [3.05, 3.63) is 29.8 Å². The van der Waals surface area contributed by atoms with Crippen LogP contribution in [0.5, 0.6) is 5.75 Å². The molecule has 0 aliphatic rings. The summed E-state index contributed by atoms with van der Waals surface area (Å²) in [5, 5.41) is 3.33. The number of nitrogens with two attached hydrogens (primary N) is 1. The second-order valence-corrected chi connectivity index (χ2v) is 4.01. The molecule has 0 heterocycles. The van der Waals surface area contributed by atoms with Crippen LogP contribution >= 0.6 is 0 Å². The summed E-state index contributed by atoms with van der Waals surface area (Å²) in [6.45, 7) is 6.74. The average Bonchev–Trinajstić information content (AvgIpc) is 2.30. The fourth-order valence-corrected chi connectivity index (χ4v) is 1.52. The number of primary amides is 1. The molecule has 4 heteroatoms. The first-order valence-corrected chi connectivity index (χ1v) is 5.84. The van der Waals surface area contributed by atoms with Gasteiger partial charge in [0, 0.05) is 6.04 Å². The smallest absolute Gasteiger partial charge is 0.258 e. The maximum Gasteiger partial charge on any atom is 0.258 e. The third-order valence-corrected chi connectivity index (χ3v) is 2.60. The van der Waals surface area contributed by atoms with Crippen molar-refractivity contribution < 1.29 is 9.53 Å².